The second-order valence-corrected chi connectivity index (χ2v) is 0. The van der Waals surface area contributed by atoms with Crippen molar-refractivity contribution >= 4 is 0 Å². The molecule has 0 amide bonds. The maximum absolute atomic E-state index is 6.50. The standard InChI is InChI=1S/CHN.K.Na.2H/c1-2;;;;/h1H;;;;/q;2*+1;2*-1. The molecule has 0 N–H and O–H groups in total. The molecule has 0 bridgehead atoms. The third kappa shape index (κ3) is 8.92. The summed E-state index contributed by atoms with van der Waals surface area (Å²) in [6, 6.07) is 0. The molecule has 0 unspecified atom stereocenters. The van der Waals surface area contributed by atoms with Gasteiger partial charge in [0.05, 0.1) is 0 Å². The molecule has 0 aromatic carbocycles. The molecule has 0 atom stereocenters. The van der Waals surface area contributed by atoms with Gasteiger partial charge in [-0.25, -0.2) is 5.26 Å². The van der Waals surface area contributed by atoms with E-state index in [1.807, 2.05) is 0 Å². The molecular weight excluding hydrogens is 88.1 g/mol. The van der Waals surface area contributed by atoms with Gasteiger partial charge in [0.25, 0.3) is 0 Å². The first-order valence-electron chi connectivity index (χ1n) is 0.258. The van der Waals surface area contributed by atoms with Gasteiger partial charge in [0.15, 0.2) is 0 Å². The summed E-state index contributed by atoms with van der Waals surface area (Å²) in [6.07, 6.45) is 0. The minimum atomic E-state index is 0. The Balaban J connectivity index is -0.000000000833. The number of nitrogens with zero attached hydrogens (tertiary/aromatic N) is 1. The fraction of sp³-hybridized carbons (Fsp3) is 0. The fourth-order valence-electron chi connectivity index (χ4n) is 0. The molecule has 0 spiro atoms. The summed E-state index contributed by atoms with van der Waals surface area (Å²) < 4.78 is 0. The Bertz CT molecular complexity index is 18.3. The van der Waals surface area contributed by atoms with Gasteiger partial charge in [0.2, 0.25) is 0 Å². The van der Waals surface area contributed by atoms with Crippen LogP contribution >= 0.6 is 0 Å². The Morgan fingerprint density at radius 3 is 1.50 bits per heavy atom. The van der Waals surface area contributed by atoms with Gasteiger partial charge in [-0.1, -0.05) is 0 Å². The molecule has 1 nitrogen and oxygen atoms in total. The minimum absolute atomic E-state index is 0. The first-order valence-corrected chi connectivity index (χ1v) is 0.258. The Morgan fingerprint density at radius 1 is 1.50 bits per heavy atom. The van der Waals surface area contributed by atoms with E-state index in [9.17, 15) is 0 Å². The van der Waals surface area contributed by atoms with Gasteiger partial charge in [-0.3, -0.25) is 0 Å². The van der Waals surface area contributed by atoms with E-state index >= 15 is 0 Å². The van der Waals surface area contributed by atoms with Gasteiger partial charge >= 0.3 is 80.9 Å². The molecule has 3 heteroatoms. The summed E-state index contributed by atoms with van der Waals surface area (Å²) in [5, 5.41) is 6.50. The maximum atomic E-state index is 6.50. The van der Waals surface area contributed by atoms with Crippen LogP contribution in [0.25, 0.3) is 0 Å². The monoisotopic (exact) mass is 91.0 g/mol. The van der Waals surface area contributed by atoms with Crippen LogP contribution < -0.4 is 80.9 Å². The van der Waals surface area contributed by atoms with E-state index in [1.54, 1.807) is 0 Å². The van der Waals surface area contributed by atoms with Gasteiger partial charge in [0, 0.05) is 6.57 Å². The molecule has 14 valence electrons. The van der Waals surface area contributed by atoms with Crippen molar-refractivity contribution in [3.8, 4) is 6.57 Å². The van der Waals surface area contributed by atoms with E-state index < -0.39 is 0 Å². The second kappa shape index (κ2) is 19.3. The van der Waals surface area contributed by atoms with Crippen molar-refractivity contribution in [3.63, 3.8) is 0 Å². The van der Waals surface area contributed by atoms with Crippen molar-refractivity contribution < 1.29 is 83.8 Å². The van der Waals surface area contributed by atoms with E-state index in [-0.39, 0.29) is 83.8 Å². The van der Waals surface area contributed by atoms with Crippen LogP contribution in [0.15, 0.2) is 0 Å². The van der Waals surface area contributed by atoms with Crippen LogP contribution in [-0.4, -0.2) is 0 Å². The smallest absolute Gasteiger partial charge is 1.00 e. The fourth-order valence-corrected chi connectivity index (χ4v) is 0. The molecule has 0 aromatic heterocycles. The van der Waals surface area contributed by atoms with Gasteiger partial charge in [-0.05, 0) is 0 Å². The van der Waals surface area contributed by atoms with E-state index in [2.05, 4.69) is 6.57 Å². The summed E-state index contributed by atoms with van der Waals surface area (Å²) in [5.41, 5.74) is 0. The molecule has 0 saturated heterocycles. The molecule has 0 fully saturated rings. The van der Waals surface area contributed by atoms with Crippen LogP contribution in [0.4, 0.5) is 0 Å². The van der Waals surface area contributed by atoms with Crippen LogP contribution in [0.2, 0.25) is 0 Å². The van der Waals surface area contributed by atoms with E-state index in [0.29, 0.717) is 0 Å². The van der Waals surface area contributed by atoms with Crippen LogP contribution in [0.5, 0.6) is 0 Å². The SMILES string of the molecule is C#N.[H-].[H-].[K+].[Na+]. The summed E-state index contributed by atoms with van der Waals surface area (Å²) in [7, 11) is 0. The zero-order valence-electron chi connectivity index (χ0n) is 5.02. The molecule has 0 aliphatic rings. The maximum Gasteiger partial charge on any atom is 1.00 e. The normalized spacial score (nSPS) is 0.500. The van der Waals surface area contributed by atoms with Gasteiger partial charge in [0.1, 0.15) is 0 Å². The number of nitriles is 1. The molecule has 0 aliphatic heterocycles. The zero-order valence-corrected chi connectivity index (χ0v) is 8.15. The molecule has 0 radical (unpaired) electrons. The largest absolute Gasteiger partial charge is 1.00 e. The first kappa shape index (κ1) is 16.5. The Labute approximate surface area is 93.4 Å². The zero-order chi connectivity index (χ0) is 2.00. The van der Waals surface area contributed by atoms with E-state index in [0.717, 1.165) is 0 Å². The third-order valence-electron chi connectivity index (χ3n) is 0. The van der Waals surface area contributed by atoms with Crippen molar-refractivity contribution in [2.24, 2.45) is 0 Å². The second-order valence-electron chi connectivity index (χ2n) is 0. The van der Waals surface area contributed by atoms with Crippen LogP contribution in [0.3, 0.4) is 0 Å². The molecule has 4 heavy (non-hydrogen) atoms. The third-order valence-corrected chi connectivity index (χ3v) is 0. The molecule has 0 aromatic rings. The average Bonchev–Trinajstić information content (AvgIpc) is 1.00. The summed E-state index contributed by atoms with van der Waals surface area (Å²) in [4.78, 5) is 0. The number of hydrogen-bond donors (Lipinski definition) is 0. The topological polar surface area (TPSA) is 23.8 Å². The predicted octanol–water partition coefficient (Wildman–Crippen LogP) is -5.63. The van der Waals surface area contributed by atoms with Gasteiger partial charge in [-0.15, -0.1) is 0 Å². The molecule has 0 aliphatic carbocycles. The predicted molar refractivity (Wildman–Crippen MR) is 8.89 cm³/mol. The first-order chi connectivity index (χ1) is 1.00. The van der Waals surface area contributed by atoms with Crippen molar-refractivity contribution in [1.82, 2.24) is 0 Å². The van der Waals surface area contributed by atoms with Crippen molar-refractivity contribution in [1.29, 1.82) is 5.26 Å². The van der Waals surface area contributed by atoms with Crippen molar-refractivity contribution in [3.05, 3.63) is 0 Å². The number of rotatable bonds is 0. The van der Waals surface area contributed by atoms with Gasteiger partial charge < -0.3 is 2.85 Å². The summed E-state index contributed by atoms with van der Waals surface area (Å²) in [5.74, 6) is 0. The van der Waals surface area contributed by atoms with Gasteiger partial charge in [-0.2, -0.15) is 0 Å². The van der Waals surface area contributed by atoms with E-state index in [1.165, 1.54) is 0 Å². The van der Waals surface area contributed by atoms with Crippen molar-refractivity contribution in [2.75, 3.05) is 0 Å². The average molecular weight is 91.1 g/mol. The van der Waals surface area contributed by atoms with Crippen LogP contribution in [0, 0.1) is 11.8 Å². The van der Waals surface area contributed by atoms with Crippen molar-refractivity contribution in [2.45, 2.75) is 0 Å². The summed E-state index contributed by atoms with van der Waals surface area (Å²) >= 11 is 0. The minimum Gasteiger partial charge on any atom is -1.00 e. The molecule has 0 rings (SSSR count). The quantitative estimate of drug-likeness (QED) is 0.273. The Kier molecular flexibility index (Phi) is 79.5. The van der Waals surface area contributed by atoms with Crippen LogP contribution in [0.1, 0.15) is 2.85 Å². The number of hydrogen-bond acceptors (Lipinski definition) is 1. The Hall–Kier alpha value is 2.13. The molecule has 0 saturated carbocycles. The van der Waals surface area contributed by atoms with Crippen LogP contribution in [-0.2, 0) is 0 Å². The summed E-state index contributed by atoms with van der Waals surface area (Å²) in [6.45, 7) is 3.50. The molecular formula is CH3KNNa. The Morgan fingerprint density at radius 2 is 1.50 bits per heavy atom. The molecule has 0 heterocycles. The van der Waals surface area contributed by atoms with E-state index in [4.69, 9.17) is 5.26 Å².